The second-order valence-corrected chi connectivity index (χ2v) is 7.20. The van der Waals surface area contributed by atoms with Gasteiger partial charge in [0.1, 0.15) is 0 Å². The molecular formula is C17H24N2O3. The minimum absolute atomic E-state index is 0.0380. The fourth-order valence-corrected chi connectivity index (χ4v) is 5.23. The highest BCUT2D eigenvalue weighted by Crippen LogP contribution is 2.60. The Morgan fingerprint density at radius 1 is 1.36 bits per heavy atom. The Morgan fingerprint density at radius 2 is 2.18 bits per heavy atom. The van der Waals surface area contributed by atoms with E-state index < -0.39 is 0 Å². The van der Waals surface area contributed by atoms with Crippen LogP contribution < -0.4 is 0 Å². The van der Waals surface area contributed by atoms with Crippen molar-refractivity contribution < 1.29 is 14.7 Å². The number of carbonyl (C=O) groups excluding carboxylic acids is 1. The number of nitrogens with zero attached hydrogens (tertiary/aromatic N) is 2. The molecule has 3 fully saturated rings. The highest BCUT2D eigenvalue weighted by molar-refractivity contribution is 5.99. The monoisotopic (exact) mass is 304 g/mol. The van der Waals surface area contributed by atoms with Crippen LogP contribution in [0.1, 0.15) is 38.5 Å². The minimum atomic E-state index is -0.0380. The Labute approximate surface area is 131 Å². The van der Waals surface area contributed by atoms with Crippen LogP contribution >= 0.6 is 0 Å². The Bertz CT molecular complexity index is 536. The Kier molecular flexibility index (Phi) is 3.48. The Morgan fingerprint density at radius 3 is 2.95 bits per heavy atom. The van der Waals surface area contributed by atoms with Crippen LogP contribution in [0.25, 0.3) is 0 Å². The average Bonchev–Trinajstić information content (AvgIpc) is 3.15. The SMILES string of the molecule is O=C(C1=CCCC2(C1)/C(=N\O)[C@@H]1CC[C@H]2C1)N1CCOCC1. The van der Waals surface area contributed by atoms with Gasteiger partial charge in [0.05, 0.1) is 18.9 Å². The number of fused-ring (bicyclic) bond motifs is 3. The lowest BCUT2D eigenvalue weighted by Crippen LogP contribution is -2.45. The molecule has 2 bridgehead atoms. The van der Waals surface area contributed by atoms with Gasteiger partial charge in [-0.25, -0.2) is 0 Å². The fraction of sp³-hybridized carbons (Fsp3) is 0.765. The van der Waals surface area contributed by atoms with Crippen LogP contribution in [0.2, 0.25) is 0 Å². The number of oxime groups is 1. The number of hydrogen-bond acceptors (Lipinski definition) is 4. The maximum absolute atomic E-state index is 12.8. The smallest absolute Gasteiger partial charge is 0.249 e. The lowest BCUT2D eigenvalue weighted by molar-refractivity contribution is -0.131. The predicted molar refractivity (Wildman–Crippen MR) is 81.8 cm³/mol. The number of hydrogen-bond donors (Lipinski definition) is 1. The van der Waals surface area contributed by atoms with Crippen molar-refractivity contribution in [3.05, 3.63) is 11.6 Å². The number of amides is 1. The van der Waals surface area contributed by atoms with Crippen LogP contribution in [-0.4, -0.2) is 48.0 Å². The third kappa shape index (κ3) is 2.02. The maximum atomic E-state index is 12.8. The van der Waals surface area contributed by atoms with Crippen molar-refractivity contribution in [3.8, 4) is 0 Å². The Balaban J connectivity index is 1.56. The highest BCUT2D eigenvalue weighted by atomic mass is 16.5. The summed E-state index contributed by atoms with van der Waals surface area (Å²) >= 11 is 0. The van der Waals surface area contributed by atoms with Crippen LogP contribution in [0.5, 0.6) is 0 Å². The summed E-state index contributed by atoms with van der Waals surface area (Å²) in [4.78, 5) is 14.7. The fourth-order valence-electron chi connectivity index (χ4n) is 5.23. The molecule has 1 spiro atoms. The summed E-state index contributed by atoms with van der Waals surface area (Å²) < 4.78 is 5.34. The van der Waals surface area contributed by atoms with Gasteiger partial charge in [-0.05, 0) is 44.4 Å². The lowest BCUT2D eigenvalue weighted by atomic mass is 9.63. The van der Waals surface area contributed by atoms with Gasteiger partial charge in [-0.15, -0.1) is 0 Å². The van der Waals surface area contributed by atoms with Gasteiger partial charge in [0.15, 0.2) is 0 Å². The van der Waals surface area contributed by atoms with Gasteiger partial charge in [-0.2, -0.15) is 0 Å². The van der Waals surface area contributed by atoms with E-state index in [1.54, 1.807) is 0 Å². The normalized spacial score (nSPS) is 39.5. The molecule has 3 aliphatic carbocycles. The second kappa shape index (κ2) is 5.37. The van der Waals surface area contributed by atoms with E-state index in [1.165, 1.54) is 6.42 Å². The van der Waals surface area contributed by atoms with Crippen molar-refractivity contribution in [2.75, 3.05) is 26.3 Å². The van der Waals surface area contributed by atoms with Gasteiger partial charge in [0, 0.05) is 30.0 Å². The first kappa shape index (κ1) is 14.2. The molecule has 4 rings (SSSR count). The van der Waals surface area contributed by atoms with Gasteiger partial charge >= 0.3 is 0 Å². The summed E-state index contributed by atoms with van der Waals surface area (Å²) in [5, 5.41) is 13.2. The molecule has 3 atom stereocenters. The molecule has 0 aromatic rings. The molecule has 0 aromatic carbocycles. The van der Waals surface area contributed by atoms with Crippen molar-refractivity contribution in [1.82, 2.24) is 4.90 Å². The number of allylic oxidation sites excluding steroid dienone is 1. The molecule has 1 N–H and O–H groups in total. The van der Waals surface area contributed by atoms with E-state index >= 15 is 0 Å². The molecule has 1 heterocycles. The van der Waals surface area contributed by atoms with Crippen molar-refractivity contribution in [2.24, 2.45) is 22.4 Å². The standard InChI is InChI=1S/C17H24N2O3/c20-16(19-6-8-22-9-7-19)13-2-1-5-17(11-13)14-4-3-12(10-14)15(17)18-21/h2,12,14,21H,1,3-11H2/b18-15-/t12-,14+,17?/m1/s1. The molecule has 120 valence electrons. The third-order valence-corrected chi connectivity index (χ3v) is 6.28. The quantitative estimate of drug-likeness (QED) is 0.597. The van der Waals surface area contributed by atoms with Crippen molar-refractivity contribution in [1.29, 1.82) is 0 Å². The summed E-state index contributed by atoms with van der Waals surface area (Å²) in [6.45, 7) is 2.66. The molecule has 2 saturated carbocycles. The van der Waals surface area contributed by atoms with E-state index in [4.69, 9.17) is 4.74 Å². The predicted octanol–water partition coefficient (Wildman–Crippen LogP) is 2.20. The van der Waals surface area contributed by atoms with Crippen LogP contribution in [-0.2, 0) is 9.53 Å². The summed E-state index contributed by atoms with van der Waals surface area (Å²) in [6, 6.07) is 0. The largest absolute Gasteiger partial charge is 0.411 e. The first-order valence-corrected chi connectivity index (χ1v) is 8.53. The number of carbonyl (C=O) groups is 1. The number of rotatable bonds is 1. The molecule has 1 amide bonds. The van der Waals surface area contributed by atoms with E-state index in [9.17, 15) is 10.0 Å². The molecular weight excluding hydrogens is 280 g/mol. The molecule has 22 heavy (non-hydrogen) atoms. The molecule has 1 saturated heterocycles. The zero-order valence-electron chi connectivity index (χ0n) is 13.0. The first-order chi connectivity index (χ1) is 10.7. The van der Waals surface area contributed by atoms with Gasteiger partial charge in [0.25, 0.3) is 0 Å². The topological polar surface area (TPSA) is 62.1 Å². The zero-order chi connectivity index (χ0) is 15.2. The van der Waals surface area contributed by atoms with E-state index in [-0.39, 0.29) is 11.3 Å². The van der Waals surface area contributed by atoms with Gasteiger partial charge < -0.3 is 14.8 Å². The van der Waals surface area contributed by atoms with Crippen LogP contribution in [0.15, 0.2) is 16.8 Å². The van der Waals surface area contributed by atoms with Crippen LogP contribution in [0, 0.1) is 17.3 Å². The van der Waals surface area contributed by atoms with Gasteiger partial charge in [-0.3, -0.25) is 4.79 Å². The maximum Gasteiger partial charge on any atom is 0.249 e. The lowest BCUT2D eigenvalue weighted by Gasteiger charge is -2.41. The third-order valence-electron chi connectivity index (χ3n) is 6.28. The van der Waals surface area contributed by atoms with E-state index in [0.29, 0.717) is 38.1 Å². The molecule has 0 radical (unpaired) electrons. The summed E-state index contributed by atoms with van der Waals surface area (Å²) in [5.74, 6) is 1.22. The molecule has 1 unspecified atom stereocenters. The molecule has 4 aliphatic rings. The minimum Gasteiger partial charge on any atom is -0.411 e. The van der Waals surface area contributed by atoms with Gasteiger partial charge in [-0.1, -0.05) is 11.2 Å². The van der Waals surface area contributed by atoms with E-state index in [2.05, 4.69) is 11.2 Å². The average molecular weight is 304 g/mol. The van der Waals surface area contributed by atoms with Crippen LogP contribution in [0.3, 0.4) is 0 Å². The van der Waals surface area contributed by atoms with Gasteiger partial charge in [0.2, 0.25) is 5.91 Å². The van der Waals surface area contributed by atoms with Crippen molar-refractivity contribution in [2.45, 2.75) is 38.5 Å². The number of morpholine rings is 1. The summed E-state index contributed by atoms with van der Waals surface area (Å²) in [5.41, 5.74) is 1.88. The first-order valence-electron chi connectivity index (χ1n) is 8.53. The summed E-state index contributed by atoms with van der Waals surface area (Å²) in [6.07, 6.45) is 8.37. The Hall–Kier alpha value is -1.36. The molecule has 1 aliphatic heterocycles. The van der Waals surface area contributed by atoms with Crippen molar-refractivity contribution in [3.63, 3.8) is 0 Å². The van der Waals surface area contributed by atoms with Crippen LogP contribution in [0.4, 0.5) is 0 Å². The molecule has 5 heteroatoms. The van der Waals surface area contributed by atoms with Crippen molar-refractivity contribution >= 4 is 11.6 Å². The highest BCUT2D eigenvalue weighted by Gasteiger charge is 2.57. The second-order valence-electron chi connectivity index (χ2n) is 7.20. The zero-order valence-corrected chi connectivity index (χ0v) is 13.0. The number of ether oxygens (including phenoxy) is 1. The molecule has 5 nitrogen and oxygen atoms in total. The van der Waals surface area contributed by atoms with E-state index in [0.717, 1.165) is 43.4 Å². The summed E-state index contributed by atoms with van der Waals surface area (Å²) in [7, 11) is 0. The van der Waals surface area contributed by atoms with E-state index in [1.807, 2.05) is 4.90 Å². The molecule has 0 aromatic heterocycles.